The van der Waals surface area contributed by atoms with Crippen molar-refractivity contribution in [2.24, 2.45) is 5.92 Å². The van der Waals surface area contributed by atoms with Gasteiger partial charge in [-0.15, -0.1) is 5.10 Å². The number of nitrogens with zero attached hydrogens (tertiary/aromatic N) is 3. The molecule has 0 amide bonds. The highest BCUT2D eigenvalue weighted by Gasteiger charge is 2.16. The summed E-state index contributed by atoms with van der Waals surface area (Å²) in [6, 6.07) is 3.94. The molecule has 1 aromatic carbocycles. The molecule has 4 rings (SSSR count). The second-order valence-corrected chi connectivity index (χ2v) is 7.60. The minimum Gasteiger partial charge on any atom is -0.507 e. The number of phenols is 1. The Bertz CT molecular complexity index is 873. The van der Waals surface area contributed by atoms with Crippen LogP contribution < -0.4 is 5.32 Å². The highest BCUT2D eigenvalue weighted by Crippen LogP contribution is 2.31. The van der Waals surface area contributed by atoms with Crippen LogP contribution in [0.3, 0.4) is 0 Å². The van der Waals surface area contributed by atoms with Crippen LogP contribution in [0.25, 0.3) is 16.2 Å². The van der Waals surface area contributed by atoms with Crippen LogP contribution >= 0.6 is 11.3 Å². The van der Waals surface area contributed by atoms with Gasteiger partial charge in [0.1, 0.15) is 5.75 Å². The third-order valence-corrected chi connectivity index (χ3v) is 5.64. The van der Waals surface area contributed by atoms with Crippen molar-refractivity contribution in [3.63, 3.8) is 0 Å². The zero-order chi connectivity index (χ0) is 17.4. The maximum Gasteiger partial charge on any atom is 0.214 e. The molecule has 0 unspecified atom stereocenters. The van der Waals surface area contributed by atoms with Gasteiger partial charge in [-0.2, -0.15) is 0 Å². The molecular formula is C18H22N4O2S. The Morgan fingerprint density at radius 1 is 1.28 bits per heavy atom. The van der Waals surface area contributed by atoms with Gasteiger partial charge in [-0.1, -0.05) is 11.3 Å². The van der Waals surface area contributed by atoms with E-state index in [1.165, 1.54) is 0 Å². The van der Waals surface area contributed by atoms with E-state index >= 15 is 0 Å². The molecule has 0 atom stereocenters. The molecule has 0 saturated carbocycles. The normalized spacial score (nSPS) is 15.8. The summed E-state index contributed by atoms with van der Waals surface area (Å²) < 4.78 is 7.28. The maximum absolute atomic E-state index is 9.98. The van der Waals surface area contributed by atoms with Gasteiger partial charge >= 0.3 is 0 Å². The SMILES string of the molecule is Cc1cc(-c2cnc3sc(NCC4CCOCC4)nn23)cc(C)c1O. The number of anilines is 1. The van der Waals surface area contributed by atoms with Crippen molar-refractivity contribution in [3.05, 3.63) is 29.5 Å². The first-order chi connectivity index (χ1) is 12.1. The van der Waals surface area contributed by atoms with E-state index in [1.54, 1.807) is 11.3 Å². The lowest BCUT2D eigenvalue weighted by molar-refractivity contribution is 0.0699. The van der Waals surface area contributed by atoms with E-state index in [-0.39, 0.29) is 0 Å². The Labute approximate surface area is 150 Å². The average molecular weight is 358 g/mol. The van der Waals surface area contributed by atoms with Crippen LogP contribution in [0.15, 0.2) is 18.3 Å². The number of ether oxygens (including phenoxy) is 1. The van der Waals surface area contributed by atoms with Crippen LogP contribution in [0.2, 0.25) is 0 Å². The number of imidazole rings is 1. The molecule has 2 N–H and O–H groups in total. The summed E-state index contributed by atoms with van der Waals surface area (Å²) in [5.41, 5.74) is 3.68. The largest absolute Gasteiger partial charge is 0.507 e. The zero-order valence-electron chi connectivity index (χ0n) is 14.5. The molecule has 0 bridgehead atoms. The van der Waals surface area contributed by atoms with Gasteiger partial charge in [0.25, 0.3) is 0 Å². The Kier molecular flexibility index (Phi) is 4.35. The second kappa shape index (κ2) is 6.65. The molecular weight excluding hydrogens is 336 g/mol. The molecule has 2 aromatic heterocycles. The van der Waals surface area contributed by atoms with Gasteiger partial charge in [-0.25, -0.2) is 9.50 Å². The van der Waals surface area contributed by atoms with E-state index in [4.69, 9.17) is 4.74 Å². The lowest BCUT2D eigenvalue weighted by Gasteiger charge is -2.21. The number of aryl methyl sites for hydroxylation is 2. The summed E-state index contributed by atoms with van der Waals surface area (Å²) in [7, 11) is 0. The number of nitrogens with one attached hydrogen (secondary N) is 1. The van der Waals surface area contributed by atoms with Crippen LogP contribution in [0, 0.1) is 19.8 Å². The zero-order valence-corrected chi connectivity index (χ0v) is 15.3. The standard InChI is InChI=1S/C18H22N4O2S/c1-11-7-14(8-12(2)16(11)23)15-10-20-18-22(15)21-17(25-18)19-9-13-3-5-24-6-4-13/h7-8,10,13,23H,3-6,9H2,1-2H3,(H,19,21). The molecule has 3 heterocycles. The van der Waals surface area contributed by atoms with Crippen molar-refractivity contribution in [3.8, 4) is 17.0 Å². The quantitative estimate of drug-likeness (QED) is 0.745. The molecule has 0 aliphatic carbocycles. The summed E-state index contributed by atoms with van der Waals surface area (Å²) in [5.74, 6) is 0.994. The van der Waals surface area contributed by atoms with E-state index in [9.17, 15) is 5.11 Å². The fourth-order valence-corrected chi connectivity index (χ4v) is 4.03. The summed E-state index contributed by atoms with van der Waals surface area (Å²) in [5, 5.41) is 19.0. The van der Waals surface area contributed by atoms with Gasteiger partial charge in [0.15, 0.2) is 0 Å². The van der Waals surface area contributed by atoms with Crippen molar-refractivity contribution in [2.75, 3.05) is 25.1 Å². The molecule has 7 heteroatoms. The second-order valence-electron chi connectivity index (χ2n) is 6.64. The Hall–Kier alpha value is -2.12. The van der Waals surface area contributed by atoms with Gasteiger partial charge in [0.2, 0.25) is 10.1 Å². The third-order valence-electron chi connectivity index (χ3n) is 4.76. The molecule has 0 spiro atoms. The van der Waals surface area contributed by atoms with Crippen LogP contribution in [0.4, 0.5) is 5.13 Å². The molecule has 1 fully saturated rings. The summed E-state index contributed by atoms with van der Waals surface area (Å²) in [6.45, 7) is 6.46. The average Bonchev–Trinajstić information content (AvgIpc) is 3.18. The van der Waals surface area contributed by atoms with Crippen LogP contribution in [0.1, 0.15) is 24.0 Å². The molecule has 1 saturated heterocycles. The van der Waals surface area contributed by atoms with Crippen LogP contribution in [0.5, 0.6) is 5.75 Å². The first-order valence-electron chi connectivity index (χ1n) is 8.58. The summed E-state index contributed by atoms with van der Waals surface area (Å²) in [4.78, 5) is 5.36. The van der Waals surface area contributed by atoms with E-state index in [1.807, 2.05) is 36.7 Å². The molecule has 132 valence electrons. The molecule has 25 heavy (non-hydrogen) atoms. The lowest BCUT2D eigenvalue weighted by atomic mass is 10.0. The van der Waals surface area contributed by atoms with E-state index in [0.29, 0.717) is 11.7 Å². The number of hydrogen-bond acceptors (Lipinski definition) is 6. The first kappa shape index (κ1) is 16.4. The van der Waals surface area contributed by atoms with Crippen molar-refractivity contribution in [1.29, 1.82) is 0 Å². The predicted octanol–water partition coefficient (Wildman–Crippen LogP) is 3.62. The molecule has 3 aromatic rings. The Balaban J connectivity index is 1.58. The summed E-state index contributed by atoms with van der Waals surface area (Å²) >= 11 is 1.56. The van der Waals surface area contributed by atoms with Gasteiger partial charge in [0, 0.05) is 25.3 Å². The molecule has 1 aliphatic rings. The van der Waals surface area contributed by atoms with Crippen LogP contribution in [-0.4, -0.2) is 39.5 Å². The smallest absolute Gasteiger partial charge is 0.214 e. The van der Waals surface area contributed by atoms with Crippen molar-refractivity contribution in [1.82, 2.24) is 14.6 Å². The highest BCUT2D eigenvalue weighted by molar-refractivity contribution is 7.20. The number of benzene rings is 1. The number of aromatic hydroxyl groups is 1. The van der Waals surface area contributed by atoms with Crippen molar-refractivity contribution in [2.45, 2.75) is 26.7 Å². The summed E-state index contributed by atoms with van der Waals surface area (Å²) in [6.07, 6.45) is 4.05. The number of hydrogen-bond donors (Lipinski definition) is 2. The van der Waals surface area contributed by atoms with E-state index in [0.717, 1.165) is 65.1 Å². The third kappa shape index (κ3) is 3.21. The fraction of sp³-hybridized carbons (Fsp3) is 0.444. The molecule has 6 nitrogen and oxygen atoms in total. The monoisotopic (exact) mass is 358 g/mol. The fourth-order valence-electron chi connectivity index (χ4n) is 3.25. The lowest BCUT2D eigenvalue weighted by Crippen LogP contribution is -2.22. The molecule has 1 aliphatic heterocycles. The number of phenolic OH excluding ortho intramolecular Hbond substituents is 1. The Morgan fingerprint density at radius 2 is 2.00 bits per heavy atom. The van der Waals surface area contributed by atoms with E-state index in [2.05, 4.69) is 15.4 Å². The minimum atomic E-state index is 0.349. The number of rotatable bonds is 4. The predicted molar refractivity (Wildman–Crippen MR) is 99.5 cm³/mol. The Morgan fingerprint density at radius 3 is 2.72 bits per heavy atom. The maximum atomic E-state index is 9.98. The van der Waals surface area contributed by atoms with Crippen molar-refractivity contribution >= 4 is 21.4 Å². The van der Waals surface area contributed by atoms with E-state index < -0.39 is 0 Å². The number of fused-ring (bicyclic) bond motifs is 1. The molecule has 0 radical (unpaired) electrons. The van der Waals surface area contributed by atoms with Gasteiger partial charge in [0.05, 0.1) is 11.9 Å². The topological polar surface area (TPSA) is 71.7 Å². The van der Waals surface area contributed by atoms with Gasteiger partial charge in [-0.05, 0) is 55.9 Å². The van der Waals surface area contributed by atoms with Crippen LogP contribution in [-0.2, 0) is 4.74 Å². The van der Waals surface area contributed by atoms with Crippen molar-refractivity contribution < 1.29 is 9.84 Å². The highest BCUT2D eigenvalue weighted by atomic mass is 32.1. The minimum absolute atomic E-state index is 0.349. The first-order valence-corrected chi connectivity index (χ1v) is 9.40. The van der Waals surface area contributed by atoms with Gasteiger partial charge < -0.3 is 15.2 Å². The number of aromatic nitrogens is 3. The van der Waals surface area contributed by atoms with Gasteiger partial charge in [-0.3, -0.25) is 0 Å².